The maximum Gasteiger partial charge on any atom is 0.320 e. The number of carbonyl (C=O) groups is 2. The molecule has 13 heteroatoms. The van der Waals surface area contributed by atoms with Crippen molar-refractivity contribution in [2.75, 3.05) is 29.6 Å². The van der Waals surface area contributed by atoms with Crippen LogP contribution in [-0.2, 0) is 14.3 Å². The quantitative estimate of drug-likeness (QED) is 0.171. The van der Waals surface area contributed by atoms with Crippen LogP contribution in [0.5, 0.6) is 0 Å². The molecule has 1 aromatic carbocycles. The Morgan fingerprint density at radius 2 is 1.92 bits per heavy atom. The van der Waals surface area contributed by atoms with Crippen LogP contribution in [-0.4, -0.2) is 58.8 Å². The SMILES string of the molecule is C=CN(c1ncnc(NC(=O)NCC)c1C)C(CO[C@H](O)c1ccccc1)OC(CC)C(=O)N=O.CS. The second kappa shape index (κ2) is 17.1. The molecule has 0 aliphatic heterocycles. The van der Waals surface area contributed by atoms with Gasteiger partial charge in [0.1, 0.15) is 24.1 Å². The number of benzene rings is 1. The van der Waals surface area contributed by atoms with Gasteiger partial charge in [0.2, 0.25) is 0 Å². The van der Waals surface area contributed by atoms with Gasteiger partial charge in [0.15, 0.2) is 12.5 Å². The number of carbonyl (C=O) groups excluding carboxylic acids is 2. The Labute approximate surface area is 221 Å². The Balaban J connectivity index is 0.00000334. The third-order valence-electron chi connectivity index (χ3n) is 4.92. The Kier molecular flexibility index (Phi) is 14.7. The highest BCUT2D eigenvalue weighted by Gasteiger charge is 2.29. The standard InChI is InChI=1S/C23H30N6O6.CH4S/c1-5-17(21(30)28-33)35-18(13-34-22(31)16-11-9-8-10-12-16)29(7-3)20-15(4)19(25-14-26-20)27-23(32)24-6-2;1-2/h7-12,14,17-18,22,31H,3,5-6,13H2,1-2,4H3,(H2,24,25,26,27,32);2H,1H3/t17?,18?,22-;/m0./s1. The molecule has 0 saturated carbocycles. The summed E-state index contributed by atoms with van der Waals surface area (Å²) >= 11 is 3.53. The molecule has 1 aromatic heterocycles. The minimum absolute atomic E-state index is 0.167. The van der Waals surface area contributed by atoms with E-state index >= 15 is 0 Å². The first-order chi connectivity index (χ1) is 17.9. The van der Waals surface area contributed by atoms with Crippen LogP contribution < -0.4 is 15.5 Å². The zero-order valence-electron chi connectivity index (χ0n) is 21.3. The fraction of sp³-hybridized carbons (Fsp3) is 0.417. The summed E-state index contributed by atoms with van der Waals surface area (Å²) in [7, 11) is 0. The molecule has 0 aliphatic rings. The number of rotatable bonds is 13. The van der Waals surface area contributed by atoms with Crippen LogP contribution in [0.25, 0.3) is 0 Å². The number of thiol groups is 1. The van der Waals surface area contributed by atoms with Crippen LogP contribution in [0, 0.1) is 11.8 Å². The summed E-state index contributed by atoms with van der Waals surface area (Å²) in [6, 6.07) is 8.24. The van der Waals surface area contributed by atoms with Gasteiger partial charge in [-0.25, -0.2) is 14.8 Å². The average molecular weight is 535 g/mol. The van der Waals surface area contributed by atoms with Gasteiger partial charge in [0.05, 0.1) is 6.61 Å². The summed E-state index contributed by atoms with van der Waals surface area (Å²) < 4.78 is 11.5. The summed E-state index contributed by atoms with van der Waals surface area (Å²) in [6.45, 7) is 9.10. The van der Waals surface area contributed by atoms with Crippen LogP contribution in [0.15, 0.2) is 54.6 Å². The topological polar surface area (TPSA) is 155 Å². The van der Waals surface area contributed by atoms with Crippen molar-refractivity contribution >= 4 is 36.2 Å². The lowest BCUT2D eigenvalue weighted by Gasteiger charge is -2.32. The maximum atomic E-state index is 12.0. The summed E-state index contributed by atoms with van der Waals surface area (Å²) in [5.41, 5.74) is 0.990. The summed E-state index contributed by atoms with van der Waals surface area (Å²) in [5.74, 6) is -0.441. The molecule has 0 radical (unpaired) electrons. The van der Waals surface area contributed by atoms with Gasteiger partial charge < -0.3 is 24.8 Å². The zero-order chi connectivity index (χ0) is 27.8. The molecule has 0 aliphatic carbocycles. The van der Waals surface area contributed by atoms with E-state index in [9.17, 15) is 19.6 Å². The number of nitrogens with zero attached hydrogens (tertiary/aromatic N) is 4. The summed E-state index contributed by atoms with van der Waals surface area (Å²) in [5, 5.41) is 18.2. The molecule has 1 heterocycles. The second-order valence-electron chi connectivity index (χ2n) is 7.26. The van der Waals surface area contributed by atoms with E-state index in [2.05, 4.69) is 45.0 Å². The first-order valence-electron chi connectivity index (χ1n) is 11.4. The lowest BCUT2D eigenvalue weighted by atomic mass is 10.2. The minimum atomic E-state index is -1.28. The van der Waals surface area contributed by atoms with E-state index in [0.717, 1.165) is 0 Å². The predicted octanol–water partition coefficient (Wildman–Crippen LogP) is 3.54. The van der Waals surface area contributed by atoms with Crippen molar-refractivity contribution in [3.63, 3.8) is 0 Å². The lowest BCUT2D eigenvalue weighted by molar-refractivity contribution is -0.153. The molecule has 0 bridgehead atoms. The van der Waals surface area contributed by atoms with E-state index in [1.54, 1.807) is 57.4 Å². The fourth-order valence-corrected chi connectivity index (χ4v) is 3.13. The van der Waals surface area contributed by atoms with Crippen molar-refractivity contribution in [3.8, 4) is 0 Å². The number of nitrogens with one attached hydrogen (secondary N) is 2. The van der Waals surface area contributed by atoms with E-state index in [1.165, 1.54) is 17.4 Å². The third-order valence-corrected chi connectivity index (χ3v) is 4.92. The summed E-state index contributed by atoms with van der Waals surface area (Å²) in [4.78, 5) is 44.6. The van der Waals surface area contributed by atoms with Gasteiger partial charge in [-0.15, -0.1) is 4.91 Å². The maximum absolute atomic E-state index is 12.0. The summed E-state index contributed by atoms with van der Waals surface area (Å²) in [6.07, 6.45) is 1.00. The fourth-order valence-electron chi connectivity index (χ4n) is 3.13. The van der Waals surface area contributed by atoms with Crippen LogP contribution in [0.4, 0.5) is 16.4 Å². The van der Waals surface area contributed by atoms with E-state index in [1.807, 2.05) is 0 Å². The minimum Gasteiger partial charge on any atom is -0.364 e. The molecule has 0 spiro atoms. The number of nitroso groups, excluding NO2 is 1. The van der Waals surface area contributed by atoms with Gasteiger partial charge in [-0.05, 0) is 26.5 Å². The number of urea groups is 1. The van der Waals surface area contributed by atoms with Crippen molar-refractivity contribution in [2.45, 2.75) is 45.8 Å². The van der Waals surface area contributed by atoms with Crippen molar-refractivity contribution in [3.05, 3.63) is 65.5 Å². The molecule has 2 unspecified atom stereocenters. The van der Waals surface area contributed by atoms with Crippen LogP contribution in [0.2, 0.25) is 0 Å². The van der Waals surface area contributed by atoms with Gasteiger partial charge in [-0.1, -0.05) is 43.8 Å². The number of hydrogen-bond acceptors (Lipinski definition) is 10. The van der Waals surface area contributed by atoms with E-state index < -0.39 is 30.6 Å². The van der Waals surface area contributed by atoms with Crippen LogP contribution in [0.1, 0.15) is 37.7 Å². The molecule has 0 saturated heterocycles. The monoisotopic (exact) mass is 534 g/mol. The smallest absolute Gasteiger partial charge is 0.320 e. The van der Waals surface area contributed by atoms with Crippen LogP contribution in [0.3, 0.4) is 0 Å². The first-order valence-corrected chi connectivity index (χ1v) is 12.3. The number of amides is 3. The predicted molar refractivity (Wildman–Crippen MR) is 144 cm³/mol. The molecule has 37 heavy (non-hydrogen) atoms. The first kappa shape index (κ1) is 31.6. The number of aliphatic hydroxyl groups excluding tert-OH is 1. The van der Waals surface area contributed by atoms with E-state index in [-0.39, 0.29) is 18.8 Å². The van der Waals surface area contributed by atoms with Crippen LogP contribution >= 0.6 is 12.6 Å². The number of anilines is 2. The highest BCUT2D eigenvalue weighted by atomic mass is 32.1. The van der Waals surface area contributed by atoms with Crippen molar-refractivity contribution in [2.24, 2.45) is 5.18 Å². The Bertz CT molecular complexity index is 1010. The number of hydrogen-bond donors (Lipinski definition) is 4. The highest BCUT2D eigenvalue weighted by Crippen LogP contribution is 2.26. The normalized spacial score (nSPS) is 12.7. The molecule has 2 rings (SSSR count). The van der Waals surface area contributed by atoms with Crippen molar-refractivity contribution in [1.29, 1.82) is 0 Å². The van der Waals surface area contributed by atoms with Crippen molar-refractivity contribution in [1.82, 2.24) is 15.3 Å². The van der Waals surface area contributed by atoms with Gasteiger partial charge >= 0.3 is 11.9 Å². The third kappa shape index (κ3) is 9.53. The molecule has 12 nitrogen and oxygen atoms in total. The number of ether oxygens (including phenoxy) is 2. The van der Waals surface area contributed by atoms with Gasteiger partial charge in [0, 0.05) is 29.0 Å². The van der Waals surface area contributed by atoms with E-state index in [4.69, 9.17) is 9.47 Å². The Morgan fingerprint density at radius 1 is 1.24 bits per heavy atom. The number of aliphatic hydroxyl groups is 1. The van der Waals surface area contributed by atoms with Gasteiger partial charge in [0.25, 0.3) is 0 Å². The molecule has 3 atom stereocenters. The largest absolute Gasteiger partial charge is 0.364 e. The average Bonchev–Trinajstić information content (AvgIpc) is 2.93. The second-order valence-corrected chi connectivity index (χ2v) is 7.26. The lowest BCUT2D eigenvalue weighted by Crippen LogP contribution is -2.42. The zero-order valence-corrected chi connectivity index (χ0v) is 22.2. The Morgan fingerprint density at radius 3 is 2.49 bits per heavy atom. The van der Waals surface area contributed by atoms with Gasteiger partial charge in [-0.3, -0.25) is 10.1 Å². The van der Waals surface area contributed by atoms with E-state index in [0.29, 0.717) is 23.5 Å². The molecule has 2 aromatic rings. The molecular weight excluding hydrogens is 500 g/mol. The molecular formula is C24H34N6O6S. The molecule has 0 fully saturated rings. The molecule has 3 N–H and O–H groups in total. The number of aromatic nitrogens is 2. The highest BCUT2D eigenvalue weighted by molar-refractivity contribution is 7.79. The molecule has 3 amide bonds. The van der Waals surface area contributed by atoms with Crippen molar-refractivity contribution < 1.29 is 24.2 Å². The van der Waals surface area contributed by atoms with Gasteiger partial charge in [-0.2, -0.15) is 12.6 Å². The Hall–Kier alpha value is -3.39. The molecule has 202 valence electrons.